The summed E-state index contributed by atoms with van der Waals surface area (Å²) in [5.41, 5.74) is 6.22. The van der Waals surface area contributed by atoms with Crippen LogP contribution >= 0.6 is 11.8 Å². The summed E-state index contributed by atoms with van der Waals surface area (Å²) in [5.74, 6) is 1.33. The van der Waals surface area contributed by atoms with Crippen LogP contribution in [0, 0.1) is 0 Å². The van der Waals surface area contributed by atoms with Crippen LogP contribution in [0.3, 0.4) is 0 Å². The van der Waals surface area contributed by atoms with Gasteiger partial charge < -0.3 is 19.9 Å². The quantitative estimate of drug-likeness (QED) is 0.300. The first-order valence-corrected chi connectivity index (χ1v) is 13.7. The first-order valence-electron chi connectivity index (χ1n) is 12.6. The van der Waals surface area contributed by atoms with E-state index in [1.807, 2.05) is 0 Å². The highest BCUT2D eigenvalue weighted by molar-refractivity contribution is 8.00. The van der Waals surface area contributed by atoms with E-state index in [0.717, 1.165) is 24.6 Å². The molecule has 0 aromatic carbocycles. The Morgan fingerprint density at radius 3 is 2.50 bits per heavy atom. The van der Waals surface area contributed by atoms with Crippen molar-refractivity contribution in [3.05, 3.63) is 0 Å². The molecule has 9 atom stereocenters. The van der Waals surface area contributed by atoms with Crippen molar-refractivity contribution in [3.63, 3.8) is 0 Å². The second kappa shape index (κ2) is 10.4. The Labute approximate surface area is 186 Å². The van der Waals surface area contributed by atoms with Crippen LogP contribution in [0.15, 0.2) is 0 Å². The van der Waals surface area contributed by atoms with Crippen LogP contribution in [0.1, 0.15) is 77.0 Å². The Balaban J connectivity index is 0.829. The second-order valence-corrected chi connectivity index (χ2v) is 11.3. The summed E-state index contributed by atoms with van der Waals surface area (Å²) in [4.78, 5) is 0. The van der Waals surface area contributed by atoms with Crippen molar-refractivity contribution in [2.45, 2.75) is 131 Å². The largest absolute Gasteiger partial charge is 0.368 e. The molecule has 0 radical (unpaired) electrons. The summed E-state index contributed by atoms with van der Waals surface area (Å²) in [6.45, 7) is 1.06. The summed E-state index contributed by atoms with van der Waals surface area (Å²) >= 11 is 2.11. The summed E-state index contributed by atoms with van der Waals surface area (Å²) < 4.78 is 17.5. The molecule has 1 aliphatic carbocycles. The average molecular weight is 440 g/mol. The van der Waals surface area contributed by atoms with Crippen molar-refractivity contribution in [2.75, 3.05) is 12.3 Å². The van der Waals surface area contributed by atoms with Gasteiger partial charge in [0.2, 0.25) is 0 Å². The third-order valence-electron chi connectivity index (χ3n) is 7.56. The number of nitrogens with two attached hydrogens (primary N) is 1. The van der Waals surface area contributed by atoms with Crippen molar-refractivity contribution < 1.29 is 14.2 Å². The second-order valence-electron chi connectivity index (χ2n) is 9.98. The first kappa shape index (κ1) is 21.9. The van der Waals surface area contributed by atoms with Crippen LogP contribution in [0.2, 0.25) is 0 Å². The zero-order chi connectivity index (χ0) is 20.3. The van der Waals surface area contributed by atoms with E-state index >= 15 is 0 Å². The molecule has 1 saturated carbocycles. The molecule has 0 bridgehead atoms. The van der Waals surface area contributed by atoms with Gasteiger partial charge in [-0.1, -0.05) is 25.7 Å². The van der Waals surface area contributed by atoms with Crippen LogP contribution in [-0.2, 0) is 14.2 Å². The molecule has 4 aliphatic heterocycles. The Bertz CT molecular complexity index is 550. The number of hydrogen-bond donors (Lipinski definition) is 3. The van der Waals surface area contributed by atoms with Gasteiger partial charge in [0.1, 0.15) is 12.5 Å². The van der Waals surface area contributed by atoms with Gasteiger partial charge in [0.05, 0.1) is 24.4 Å². The Morgan fingerprint density at radius 2 is 1.63 bits per heavy atom. The first-order chi connectivity index (χ1) is 14.8. The molecule has 172 valence electrons. The molecule has 0 amide bonds. The van der Waals surface area contributed by atoms with E-state index in [4.69, 9.17) is 19.9 Å². The van der Waals surface area contributed by atoms with Crippen molar-refractivity contribution in [1.29, 1.82) is 0 Å². The van der Waals surface area contributed by atoms with E-state index in [-0.39, 0.29) is 6.23 Å². The number of ether oxygens (including phenoxy) is 3. The number of rotatable bonds is 13. The molecule has 7 heteroatoms. The van der Waals surface area contributed by atoms with E-state index in [1.54, 1.807) is 0 Å². The van der Waals surface area contributed by atoms with Gasteiger partial charge in [0.25, 0.3) is 0 Å². The summed E-state index contributed by atoms with van der Waals surface area (Å²) in [6.07, 6.45) is 17.4. The molecule has 5 aliphatic rings. The van der Waals surface area contributed by atoms with Crippen LogP contribution in [-0.4, -0.2) is 66.5 Å². The van der Waals surface area contributed by atoms with Gasteiger partial charge in [-0.25, -0.2) is 0 Å². The monoisotopic (exact) mass is 439 g/mol. The van der Waals surface area contributed by atoms with Gasteiger partial charge in [0, 0.05) is 17.3 Å². The van der Waals surface area contributed by atoms with Gasteiger partial charge in [-0.3, -0.25) is 10.6 Å². The average Bonchev–Trinajstić information content (AvgIpc) is 3.70. The molecular weight excluding hydrogens is 398 g/mol. The fourth-order valence-corrected chi connectivity index (χ4v) is 6.82. The molecule has 4 N–H and O–H groups in total. The smallest absolute Gasteiger partial charge is 0.135 e. The lowest BCUT2D eigenvalue weighted by atomic mass is 9.91. The zero-order valence-electron chi connectivity index (χ0n) is 18.3. The van der Waals surface area contributed by atoms with Crippen molar-refractivity contribution in [2.24, 2.45) is 5.73 Å². The zero-order valence-corrected chi connectivity index (χ0v) is 19.1. The van der Waals surface area contributed by atoms with E-state index in [1.165, 1.54) is 70.0 Å². The van der Waals surface area contributed by atoms with Crippen LogP contribution in [0.25, 0.3) is 0 Å². The molecule has 0 aromatic heterocycles. The van der Waals surface area contributed by atoms with E-state index in [9.17, 15) is 0 Å². The van der Waals surface area contributed by atoms with Crippen molar-refractivity contribution in [1.82, 2.24) is 10.6 Å². The summed E-state index contributed by atoms with van der Waals surface area (Å²) in [6, 6.07) is 0.774. The molecule has 0 spiro atoms. The van der Waals surface area contributed by atoms with Crippen LogP contribution < -0.4 is 16.4 Å². The lowest BCUT2D eigenvalue weighted by molar-refractivity contribution is 0.271. The van der Waals surface area contributed by atoms with Gasteiger partial charge in [0.15, 0.2) is 0 Å². The molecule has 0 aromatic rings. The maximum atomic E-state index is 6.22. The molecule has 30 heavy (non-hydrogen) atoms. The third-order valence-corrected chi connectivity index (χ3v) is 9.02. The molecule has 5 fully saturated rings. The van der Waals surface area contributed by atoms with Gasteiger partial charge in [-0.2, -0.15) is 11.8 Å². The Kier molecular flexibility index (Phi) is 7.58. The SMILES string of the molecule is NC1CCCCC1NC1OC1CCCCCNC1OC1CCC1OC1C1CCCS1. The lowest BCUT2D eigenvalue weighted by Gasteiger charge is -2.28. The molecule has 6 nitrogen and oxygen atoms in total. The predicted molar refractivity (Wildman–Crippen MR) is 121 cm³/mol. The number of epoxide rings is 3. The highest BCUT2D eigenvalue weighted by Gasteiger charge is 2.47. The van der Waals surface area contributed by atoms with Crippen LogP contribution in [0.5, 0.6) is 0 Å². The topological polar surface area (TPSA) is 87.7 Å². The highest BCUT2D eigenvalue weighted by Crippen LogP contribution is 2.42. The molecule has 9 unspecified atom stereocenters. The number of hydrogen-bond acceptors (Lipinski definition) is 7. The number of nitrogens with one attached hydrogen (secondary N) is 2. The van der Waals surface area contributed by atoms with Crippen molar-refractivity contribution >= 4 is 11.8 Å². The summed E-state index contributed by atoms with van der Waals surface area (Å²) in [7, 11) is 0. The molecule has 5 rings (SSSR count). The van der Waals surface area contributed by atoms with Crippen molar-refractivity contribution in [3.8, 4) is 0 Å². The standard InChI is InChI=1S/C23H41N3O3S/c24-15-7-3-4-8-16(15)26-23-18(29-23)9-2-1-5-13-25-22-19(28-22)12-11-17-21(27-17)20-10-6-14-30-20/h15-23,25-26H,1-14,24H2. The highest BCUT2D eigenvalue weighted by atomic mass is 32.2. The fraction of sp³-hybridized carbons (Fsp3) is 1.00. The maximum Gasteiger partial charge on any atom is 0.135 e. The minimum atomic E-state index is 0.264. The van der Waals surface area contributed by atoms with E-state index in [0.29, 0.717) is 42.7 Å². The fourth-order valence-electron chi connectivity index (χ4n) is 5.43. The van der Waals surface area contributed by atoms with Gasteiger partial charge in [-0.15, -0.1) is 0 Å². The third kappa shape index (κ3) is 6.12. The molecular formula is C23H41N3O3S. The summed E-state index contributed by atoms with van der Waals surface area (Å²) in [5, 5.41) is 7.97. The van der Waals surface area contributed by atoms with E-state index in [2.05, 4.69) is 22.4 Å². The number of thioether (sulfide) groups is 1. The molecule has 4 heterocycles. The number of unbranched alkanes of at least 4 members (excludes halogenated alkanes) is 2. The molecule has 4 saturated heterocycles. The van der Waals surface area contributed by atoms with Gasteiger partial charge >= 0.3 is 0 Å². The predicted octanol–water partition coefficient (Wildman–Crippen LogP) is 2.89. The Morgan fingerprint density at radius 1 is 0.800 bits per heavy atom. The van der Waals surface area contributed by atoms with E-state index < -0.39 is 0 Å². The minimum Gasteiger partial charge on any atom is -0.368 e. The van der Waals surface area contributed by atoms with Gasteiger partial charge in [-0.05, 0) is 63.7 Å². The lowest BCUT2D eigenvalue weighted by Crippen LogP contribution is -2.48. The maximum absolute atomic E-state index is 6.22. The Hall–Kier alpha value is 0.110. The minimum absolute atomic E-state index is 0.264. The normalized spacial score (nSPS) is 44.9. The van der Waals surface area contributed by atoms with Crippen LogP contribution in [0.4, 0.5) is 0 Å².